The summed E-state index contributed by atoms with van der Waals surface area (Å²) in [5.74, 6) is -0.678. The van der Waals surface area contributed by atoms with E-state index in [1.165, 1.54) is 6.92 Å². The number of rotatable bonds is 4. The average Bonchev–Trinajstić information content (AvgIpc) is 2.85. The summed E-state index contributed by atoms with van der Waals surface area (Å²) in [4.78, 5) is 29.3. The minimum atomic E-state index is -0.549. The van der Waals surface area contributed by atoms with E-state index in [2.05, 4.69) is 0 Å². The molecule has 24 heavy (non-hydrogen) atoms. The van der Waals surface area contributed by atoms with Gasteiger partial charge in [0.25, 0.3) is 0 Å². The molecule has 0 saturated heterocycles. The molecule has 0 aliphatic rings. The van der Waals surface area contributed by atoms with Gasteiger partial charge in [-0.2, -0.15) is 0 Å². The Bertz CT molecular complexity index is 810. The summed E-state index contributed by atoms with van der Waals surface area (Å²) in [6, 6.07) is 0. The number of hydrogen-bond acceptors (Lipinski definition) is 4. The lowest BCUT2D eigenvalue weighted by Gasteiger charge is -2.14. The molecule has 0 unspecified atom stereocenters. The second kappa shape index (κ2) is 6.65. The lowest BCUT2D eigenvalue weighted by Crippen LogP contribution is -2.18. The van der Waals surface area contributed by atoms with Gasteiger partial charge in [0, 0.05) is 36.2 Å². The molecule has 2 rings (SSSR count). The fourth-order valence-electron chi connectivity index (χ4n) is 3.17. The van der Waals surface area contributed by atoms with Gasteiger partial charge in [-0.3, -0.25) is 9.59 Å². The number of allylic oxidation sites excluding steroid dienone is 1. The van der Waals surface area contributed by atoms with Crippen LogP contribution >= 0.6 is 22.7 Å². The Balaban J connectivity index is 2.99. The van der Waals surface area contributed by atoms with E-state index in [-0.39, 0.29) is 5.78 Å². The normalized spacial score (nSPS) is 12.3. The molecule has 0 fully saturated rings. The van der Waals surface area contributed by atoms with E-state index >= 15 is 0 Å². The largest absolute Gasteiger partial charge is 0.366 e. The zero-order valence-corrected chi connectivity index (χ0v) is 16.8. The van der Waals surface area contributed by atoms with Crippen LogP contribution in [0.5, 0.6) is 0 Å². The Kier molecular flexibility index (Phi) is 5.16. The number of amides is 1. The van der Waals surface area contributed by atoms with Gasteiger partial charge in [0.15, 0.2) is 5.78 Å². The predicted molar refractivity (Wildman–Crippen MR) is 104 cm³/mol. The molecule has 0 aromatic carbocycles. The third kappa shape index (κ3) is 2.98. The fraction of sp³-hybridized carbons (Fsp3) is 0.368. The molecule has 128 valence electrons. The maximum atomic E-state index is 12.5. The van der Waals surface area contributed by atoms with Gasteiger partial charge in [0.05, 0.1) is 5.57 Å². The van der Waals surface area contributed by atoms with Gasteiger partial charge < -0.3 is 5.73 Å². The summed E-state index contributed by atoms with van der Waals surface area (Å²) < 4.78 is 0. The number of thiophene rings is 2. The van der Waals surface area contributed by atoms with Crippen molar-refractivity contribution in [3.8, 4) is 0 Å². The molecule has 2 aromatic rings. The number of Topliss-reactive ketones (excluding diaryl/α,β-unsaturated/α-hetero) is 1. The summed E-state index contributed by atoms with van der Waals surface area (Å²) >= 11 is 3.27. The van der Waals surface area contributed by atoms with E-state index in [4.69, 9.17) is 5.73 Å². The first-order valence-electron chi connectivity index (χ1n) is 7.76. The highest BCUT2D eigenvalue weighted by Crippen LogP contribution is 2.40. The van der Waals surface area contributed by atoms with Crippen LogP contribution in [-0.4, -0.2) is 11.7 Å². The minimum absolute atomic E-state index is 0.129. The molecule has 0 radical (unpaired) electrons. The highest BCUT2D eigenvalue weighted by atomic mass is 32.1. The zero-order chi connectivity index (χ0) is 18.3. The molecule has 3 nitrogen and oxygen atoms in total. The average molecular weight is 362 g/mol. The van der Waals surface area contributed by atoms with Crippen LogP contribution in [0.3, 0.4) is 0 Å². The second-order valence-corrected chi connectivity index (χ2v) is 8.96. The van der Waals surface area contributed by atoms with Gasteiger partial charge in [-0.15, -0.1) is 22.7 Å². The van der Waals surface area contributed by atoms with Crippen LogP contribution in [0.1, 0.15) is 48.7 Å². The molecule has 2 N–H and O–H groups in total. The van der Waals surface area contributed by atoms with Crippen LogP contribution < -0.4 is 5.73 Å². The lowest BCUT2D eigenvalue weighted by molar-refractivity contribution is -0.114. The Labute approximate surface area is 151 Å². The number of carbonyl (C=O) groups is 2. The standard InChI is InChI=1S/C19H23NO2S2/c1-8-11(4)23-13(6)15(8)17(10(3)21)18(19(20)22)16-9(2)12(5)24-14(16)7/h1-7H3,(H2,20,22)/b18-17+. The van der Waals surface area contributed by atoms with Gasteiger partial charge in [-0.25, -0.2) is 0 Å². The summed E-state index contributed by atoms with van der Waals surface area (Å²) in [5, 5.41) is 0. The molecule has 2 heterocycles. The molecule has 0 bridgehead atoms. The van der Waals surface area contributed by atoms with Crippen molar-refractivity contribution >= 4 is 45.5 Å². The summed E-state index contributed by atoms with van der Waals surface area (Å²) in [5.41, 5.74) is 10.3. The van der Waals surface area contributed by atoms with E-state index in [0.29, 0.717) is 11.1 Å². The number of primary amides is 1. The maximum Gasteiger partial charge on any atom is 0.250 e. The van der Waals surface area contributed by atoms with E-state index < -0.39 is 5.91 Å². The highest BCUT2D eigenvalue weighted by Gasteiger charge is 2.27. The maximum absolute atomic E-state index is 12.5. The molecule has 0 atom stereocenters. The lowest BCUT2D eigenvalue weighted by atomic mass is 9.88. The quantitative estimate of drug-likeness (QED) is 0.806. The molecule has 5 heteroatoms. The Morgan fingerprint density at radius 2 is 1.08 bits per heavy atom. The Morgan fingerprint density at radius 3 is 1.33 bits per heavy atom. The number of ketones is 1. The van der Waals surface area contributed by atoms with Crippen LogP contribution in [-0.2, 0) is 9.59 Å². The van der Waals surface area contributed by atoms with Crippen molar-refractivity contribution in [2.24, 2.45) is 5.73 Å². The van der Waals surface area contributed by atoms with E-state index in [9.17, 15) is 9.59 Å². The van der Waals surface area contributed by atoms with Crippen molar-refractivity contribution in [1.82, 2.24) is 0 Å². The zero-order valence-electron chi connectivity index (χ0n) is 15.2. The number of nitrogens with two attached hydrogens (primary N) is 1. The van der Waals surface area contributed by atoms with Gasteiger partial charge in [0.1, 0.15) is 0 Å². The van der Waals surface area contributed by atoms with Crippen molar-refractivity contribution in [1.29, 1.82) is 0 Å². The fourth-order valence-corrected chi connectivity index (χ4v) is 5.31. The van der Waals surface area contributed by atoms with Crippen LogP contribution in [0.15, 0.2) is 0 Å². The molecule has 0 aliphatic carbocycles. The molecular weight excluding hydrogens is 338 g/mol. The molecule has 0 saturated carbocycles. The molecule has 0 spiro atoms. The second-order valence-electron chi connectivity index (χ2n) is 6.10. The SMILES string of the molecule is CC(=O)/C(=C(\C(N)=O)c1c(C)sc(C)c1C)c1c(C)sc(C)c1C. The summed E-state index contributed by atoms with van der Waals surface area (Å²) in [6.45, 7) is 13.5. The van der Waals surface area contributed by atoms with Gasteiger partial charge in [0.2, 0.25) is 5.91 Å². The molecular formula is C19H23NO2S2. The van der Waals surface area contributed by atoms with Crippen LogP contribution in [0.4, 0.5) is 0 Å². The van der Waals surface area contributed by atoms with Crippen molar-refractivity contribution in [3.63, 3.8) is 0 Å². The van der Waals surface area contributed by atoms with Crippen molar-refractivity contribution < 1.29 is 9.59 Å². The van der Waals surface area contributed by atoms with Crippen molar-refractivity contribution in [2.45, 2.75) is 48.5 Å². The molecule has 0 aliphatic heterocycles. The number of carbonyl (C=O) groups excluding carboxylic acids is 2. The van der Waals surface area contributed by atoms with Gasteiger partial charge in [-0.1, -0.05) is 0 Å². The summed E-state index contributed by atoms with van der Waals surface area (Å²) in [6.07, 6.45) is 0. The Hall–Kier alpha value is -1.72. The first-order chi connectivity index (χ1) is 11.1. The highest BCUT2D eigenvalue weighted by molar-refractivity contribution is 7.12. The topological polar surface area (TPSA) is 60.2 Å². The number of aryl methyl sites for hydroxylation is 4. The monoisotopic (exact) mass is 361 g/mol. The number of hydrogen-bond donors (Lipinski definition) is 1. The van der Waals surface area contributed by atoms with Crippen LogP contribution in [0.25, 0.3) is 11.1 Å². The van der Waals surface area contributed by atoms with Crippen LogP contribution in [0.2, 0.25) is 0 Å². The van der Waals surface area contributed by atoms with Gasteiger partial charge in [-0.05, 0) is 59.6 Å². The van der Waals surface area contributed by atoms with Crippen molar-refractivity contribution in [2.75, 3.05) is 0 Å². The predicted octanol–water partition coefficient (Wildman–Crippen LogP) is 4.65. The minimum Gasteiger partial charge on any atom is -0.366 e. The van der Waals surface area contributed by atoms with E-state index in [1.54, 1.807) is 22.7 Å². The van der Waals surface area contributed by atoms with Gasteiger partial charge >= 0.3 is 0 Å². The third-order valence-corrected chi connectivity index (χ3v) is 6.72. The first-order valence-corrected chi connectivity index (χ1v) is 9.40. The van der Waals surface area contributed by atoms with Crippen molar-refractivity contribution in [3.05, 3.63) is 41.8 Å². The summed E-state index contributed by atoms with van der Waals surface area (Å²) in [7, 11) is 0. The first kappa shape index (κ1) is 18.6. The molecule has 2 aromatic heterocycles. The van der Waals surface area contributed by atoms with Crippen LogP contribution in [0, 0.1) is 41.5 Å². The molecule has 1 amide bonds. The Morgan fingerprint density at radius 1 is 0.708 bits per heavy atom. The third-order valence-electron chi connectivity index (χ3n) is 4.47. The van der Waals surface area contributed by atoms with E-state index in [1.807, 2.05) is 41.5 Å². The smallest absolute Gasteiger partial charge is 0.250 e. The van der Waals surface area contributed by atoms with E-state index in [0.717, 1.165) is 41.8 Å².